The monoisotopic (exact) mass is 204 g/mol. The van der Waals surface area contributed by atoms with Gasteiger partial charge < -0.3 is 10.2 Å². The van der Waals surface area contributed by atoms with Crippen molar-refractivity contribution in [3.63, 3.8) is 0 Å². The molecular formula is C9H20N2OS. The van der Waals surface area contributed by atoms with Crippen LogP contribution in [0.4, 0.5) is 0 Å². The lowest BCUT2D eigenvalue weighted by molar-refractivity contribution is -0.121. The van der Waals surface area contributed by atoms with Crippen molar-refractivity contribution in [3.05, 3.63) is 0 Å². The number of nitrogens with zero attached hydrogens (tertiary/aromatic N) is 1. The third kappa shape index (κ3) is 9.70. The molecule has 78 valence electrons. The molecular weight excluding hydrogens is 184 g/mol. The fourth-order valence-corrected chi connectivity index (χ4v) is 1.21. The standard InChI is InChI=1S/C9H20N2OS/c1-11(2)8-9(12)10-6-4-3-5-7-13/h13H,3-8H2,1-2H3,(H,10,12). The smallest absolute Gasteiger partial charge is 0.234 e. The van der Waals surface area contributed by atoms with E-state index in [1.54, 1.807) is 0 Å². The van der Waals surface area contributed by atoms with Crippen molar-refractivity contribution in [3.8, 4) is 0 Å². The first kappa shape index (κ1) is 12.8. The third-order valence-electron chi connectivity index (χ3n) is 1.62. The molecule has 4 heteroatoms. The molecule has 0 aliphatic rings. The van der Waals surface area contributed by atoms with E-state index in [-0.39, 0.29) is 5.91 Å². The summed E-state index contributed by atoms with van der Waals surface area (Å²) in [6.45, 7) is 1.27. The lowest BCUT2D eigenvalue weighted by Gasteiger charge is -2.09. The van der Waals surface area contributed by atoms with Crippen molar-refractivity contribution in [2.24, 2.45) is 0 Å². The molecule has 0 radical (unpaired) electrons. The van der Waals surface area contributed by atoms with Gasteiger partial charge >= 0.3 is 0 Å². The van der Waals surface area contributed by atoms with Crippen molar-refractivity contribution >= 4 is 18.5 Å². The first-order valence-corrected chi connectivity index (χ1v) is 5.32. The second kappa shape index (κ2) is 8.38. The minimum atomic E-state index is 0.107. The number of carbonyl (C=O) groups is 1. The van der Waals surface area contributed by atoms with Crippen molar-refractivity contribution in [2.45, 2.75) is 19.3 Å². The van der Waals surface area contributed by atoms with Gasteiger partial charge in [-0.1, -0.05) is 6.42 Å². The normalized spacial score (nSPS) is 10.5. The maximum Gasteiger partial charge on any atom is 0.234 e. The molecule has 0 fully saturated rings. The molecule has 0 saturated heterocycles. The molecule has 0 saturated carbocycles. The van der Waals surface area contributed by atoms with Crippen LogP contribution in [0.3, 0.4) is 0 Å². The Balaban J connectivity index is 3.17. The van der Waals surface area contributed by atoms with Crippen LogP contribution < -0.4 is 5.32 Å². The maximum absolute atomic E-state index is 11.1. The number of hydrogen-bond acceptors (Lipinski definition) is 3. The van der Waals surface area contributed by atoms with Crippen molar-refractivity contribution < 1.29 is 4.79 Å². The predicted molar refractivity (Wildman–Crippen MR) is 59.3 cm³/mol. The second-order valence-corrected chi connectivity index (χ2v) is 3.82. The Morgan fingerprint density at radius 2 is 2.00 bits per heavy atom. The summed E-state index contributed by atoms with van der Waals surface area (Å²) in [4.78, 5) is 13.0. The summed E-state index contributed by atoms with van der Waals surface area (Å²) in [6.07, 6.45) is 3.33. The Morgan fingerprint density at radius 3 is 2.54 bits per heavy atom. The van der Waals surface area contributed by atoms with E-state index in [4.69, 9.17) is 0 Å². The van der Waals surface area contributed by atoms with Crippen molar-refractivity contribution in [1.82, 2.24) is 10.2 Å². The van der Waals surface area contributed by atoms with E-state index >= 15 is 0 Å². The highest BCUT2D eigenvalue weighted by Crippen LogP contribution is 1.94. The molecule has 3 nitrogen and oxygen atoms in total. The Labute approximate surface area is 86.3 Å². The fourth-order valence-electron chi connectivity index (χ4n) is 0.985. The highest BCUT2D eigenvalue weighted by atomic mass is 32.1. The molecule has 0 unspecified atom stereocenters. The van der Waals surface area contributed by atoms with E-state index in [0.717, 1.165) is 31.6 Å². The van der Waals surface area contributed by atoms with Crippen LogP contribution in [-0.2, 0) is 4.79 Å². The van der Waals surface area contributed by atoms with Gasteiger partial charge in [-0.15, -0.1) is 0 Å². The zero-order valence-electron chi connectivity index (χ0n) is 8.55. The number of carbonyl (C=O) groups excluding carboxylic acids is 1. The summed E-state index contributed by atoms with van der Waals surface area (Å²) in [6, 6.07) is 0. The van der Waals surface area contributed by atoms with Gasteiger partial charge in [0, 0.05) is 6.54 Å². The number of likely N-dealkylation sites (N-methyl/N-ethyl adjacent to an activating group) is 1. The van der Waals surface area contributed by atoms with Crippen LogP contribution in [0.15, 0.2) is 0 Å². The van der Waals surface area contributed by atoms with Crippen LogP contribution in [0.5, 0.6) is 0 Å². The molecule has 0 aromatic heterocycles. The molecule has 0 aromatic rings. The molecule has 1 amide bonds. The minimum absolute atomic E-state index is 0.107. The van der Waals surface area contributed by atoms with Crippen molar-refractivity contribution in [2.75, 3.05) is 32.9 Å². The quantitative estimate of drug-likeness (QED) is 0.474. The topological polar surface area (TPSA) is 32.3 Å². The number of nitrogens with one attached hydrogen (secondary N) is 1. The van der Waals surface area contributed by atoms with Gasteiger partial charge in [-0.3, -0.25) is 4.79 Å². The summed E-state index contributed by atoms with van der Waals surface area (Å²) in [7, 11) is 3.78. The molecule has 13 heavy (non-hydrogen) atoms. The highest BCUT2D eigenvalue weighted by molar-refractivity contribution is 7.80. The van der Waals surface area contributed by atoms with Gasteiger partial charge in [-0.05, 0) is 32.7 Å². The Morgan fingerprint density at radius 1 is 1.31 bits per heavy atom. The summed E-state index contributed by atoms with van der Waals surface area (Å²) in [5.74, 6) is 1.04. The number of thiol groups is 1. The Kier molecular flexibility index (Phi) is 8.24. The zero-order valence-corrected chi connectivity index (χ0v) is 9.44. The Hall–Kier alpha value is -0.220. The van der Waals surface area contributed by atoms with Crippen LogP contribution in [0.2, 0.25) is 0 Å². The molecule has 0 atom stereocenters. The number of unbranched alkanes of at least 4 members (excludes halogenated alkanes) is 2. The van der Waals surface area contributed by atoms with Gasteiger partial charge in [0.25, 0.3) is 0 Å². The van der Waals surface area contributed by atoms with E-state index in [2.05, 4.69) is 17.9 Å². The molecule has 0 rings (SSSR count). The number of amides is 1. The van der Waals surface area contributed by atoms with E-state index in [9.17, 15) is 4.79 Å². The predicted octanol–water partition coefficient (Wildman–Crippen LogP) is 0.764. The van der Waals surface area contributed by atoms with Gasteiger partial charge in [-0.25, -0.2) is 0 Å². The first-order valence-electron chi connectivity index (χ1n) is 4.69. The van der Waals surface area contributed by atoms with Gasteiger partial charge in [0.15, 0.2) is 0 Å². The average molecular weight is 204 g/mol. The summed E-state index contributed by atoms with van der Waals surface area (Å²) in [5.41, 5.74) is 0. The fraction of sp³-hybridized carbons (Fsp3) is 0.889. The molecule has 0 aliphatic heterocycles. The largest absolute Gasteiger partial charge is 0.355 e. The van der Waals surface area contributed by atoms with Gasteiger partial charge in [0.05, 0.1) is 6.54 Å². The first-order chi connectivity index (χ1) is 6.16. The van der Waals surface area contributed by atoms with Crippen LogP contribution in [-0.4, -0.2) is 43.7 Å². The summed E-state index contributed by atoms with van der Waals surface area (Å²) < 4.78 is 0. The van der Waals surface area contributed by atoms with E-state index < -0.39 is 0 Å². The van der Waals surface area contributed by atoms with E-state index in [1.165, 1.54) is 0 Å². The molecule has 0 heterocycles. The van der Waals surface area contributed by atoms with Crippen LogP contribution in [0.1, 0.15) is 19.3 Å². The SMILES string of the molecule is CN(C)CC(=O)NCCCCCS. The summed E-state index contributed by atoms with van der Waals surface area (Å²) >= 11 is 4.11. The molecule has 0 aromatic carbocycles. The van der Waals surface area contributed by atoms with Gasteiger partial charge in [0.2, 0.25) is 5.91 Å². The minimum Gasteiger partial charge on any atom is -0.355 e. The molecule has 1 N–H and O–H groups in total. The Bertz CT molecular complexity index is 140. The lowest BCUT2D eigenvalue weighted by atomic mass is 10.2. The van der Waals surface area contributed by atoms with Crippen molar-refractivity contribution in [1.29, 1.82) is 0 Å². The molecule has 0 bridgehead atoms. The zero-order chi connectivity index (χ0) is 10.1. The van der Waals surface area contributed by atoms with Gasteiger partial charge in [0.1, 0.15) is 0 Å². The van der Waals surface area contributed by atoms with E-state index in [0.29, 0.717) is 6.54 Å². The summed E-state index contributed by atoms with van der Waals surface area (Å²) in [5, 5.41) is 2.87. The average Bonchev–Trinajstić information content (AvgIpc) is 2.02. The molecule has 0 spiro atoms. The van der Waals surface area contributed by atoms with Crippen LogP contribution >= 0.6 is 12.6 Å². The number of hydrogen-bond donors (Lipinski definition) is 2. The van der Waals surface area contributed by atoms with E-state index in [1.807, 2.05) is 19.0 Å². The number of rotatable bonds is 7. The van der Waals surface area contributed by atoms with Crippen LogP contribution in [0, 0.1) is 0 Å². The lowest BCUT2D eigenvalue weighted by Crippen LogP contribution is -2.33. The van der Waals surface area contributed by atoms with Crippen LogP contribution in [0.25, 0.3) is 0 Å². The third-order valence-corrected chi connectivity index (χ3v) is 1.93. The second-order valence-electron chi connectivity index (χ2n) is 3.37. The molecule has 0 aliphatic carbocycles. The maximum atomic E-state index is 11.1. The van der Waals surface area contributed by atoms with Gasteiger partial charge in [-0.2, -0.15) is 12.6 Å². The highest BCUT2D eigenvalue weighted by Gasteiger charge is 2.00.